The minimum absolute atomic E-state index is 0.0254. The molecule has 122 valence electrons. The highest BCUT2D eigenvalue weighted by molar-refractivity contribution is 5.94. The van der Waals surface area contributed by atoms with E-state index in [-0.39, 0.29) is 11.6 Å². The topological polar surface area (TPSA) is 44.8 Å². The van der Waals surface area contributed by atoms with E-state index in [1.54, 1.807) is 30.3 Å². The van der Waals surface area contributed by atoms with E-state index in [4.69, 9.17) is 14.2 Å². The molecule has 0 saturated heterocycles. The van der Waals surface area contributed by atoms with Gasteiger partial charge in [0.05, 0.1) is 20.3 Å². The molecule has 0 unspecified atom stereocenters. The van der Waals surface area contributed by atoms with Gasteiger partial charge in [0.15, 0.2) is 17.3 Å². The van der Waals surface area contributed by atoms with Gasteiger partial charge in [0.1, 0.15) is 11.6 Å². The predicted molar refractivity (Wildman–Crippen MR) is 85.0 cm³/mol. The lowest BCUT2D eigenvalue weighted by Crippen LogP contribution is -2.06. The van der Waals surface area contributed by atoms with Crippen LogP contribution < -0.4 is 14.2 Å². The maximum atomic E-state index is 12.8. The Kier molecular flexibility index (Phi) is 5.97. The number of carbonyl (C=O) groups excluding carboxylic acids is 1. The summed E-state index contributed by atoms with van der Waals surface area (Å²) in [5.41, 5.74) is 0.578. The zero-order valence-corrected chi connectivity index (χ0v) is 13.2. The first kappa shape index (κ1) is 16.8. The number of rotatable bonds is 8. The first-order valence-corrected chi connectivity index (χ1v) is 7.30. The van der Waals surface area contributed by atoms with E-state index in [0.717, 1.165) is 0 Å². The van der Waals surface area contributed by atoms with Crippen LogP contribution >= 0.6 is 0 Å². The molecule has 0 fully saturated rings. The summed E-state index contributed by atoms with van der Waals surface area (Å²) in [5, 5.41) is 0. The molecule has 2 rings (SSSR count). The average Bonchev–Trinajstić information content (AvgIpc) is 2.56. The lowest BCUT2D eigenvalue weighted by molar-refractivity contribution is 0.101. The van der Waals surface area contributed by atoms with Gasteiger partial charge in [-0.05, 0) is 49.4 Å². The van der Waals surface area contributed by atoms with Gasteiger partial charge >= 0.3 is 0 Å². The van der Waals surface area contributed by atoms with Crippen LogP contribution in [0.5, 0.6) is 17.2 Å². The second-order valence-corrected chi connectivity index (χ2v) is 4.93. The molecule has 0 spiro atoms. The molecule has 0 aliphatic rings. The molecule has 0 saturated carbocycles. The summed E-state index contributed by atoms with van der Waals surface area (Å²) in [6.45, 7) is 2.40. The molecule has 0 aromatic heterocycles. The van der Waals surface area contributed by atoms with Crippen molar-refractivity contribution in [1.82, 2.24) is 0 Å². The van der Waals surface area contributed by atoms with Gasteiger partial charge in [-0.25, -0.2) is 4.39 Å². The highest BCUT2D eigenvalue weighted by atomic mass is 19.1. The highest BCUT2D eigenvalue weighted by Crippen LogP contribution is 2.28. The third-order valence-corrected chi connectivity index (χ3v) is 3.20. The number of ketones is 1. The normalized spacial score (nSPS) is 10.2. The van der Waals surface area contributed by atoms with Gasteiger partial charge in [-0.3, -0.25) is 4.79 Å². The quantitative estimate of drug-likeness (QED) is 0.547. The van der Waals surface area contributed by atoms with Crippen LogP contribution in [-0.2, 0) is 0 Å². The highest BCUT2D eigenvalue weighted by Gasteiger charge is 2.08. The number of Topliss-reactive ketones (excluding diaryl/α,β-unsaturated/α-hetero) is 1. The Hall–Kier alpha value is -2.56. The Bertz CT molecular complexity index is 653. The minimum Gasteiger partial charge on any atom is -0.493 e. The fraction of sp³-hybridized carbons (Fsp3) is 0.278. The smallest absolute Gasteiger partial charge is 0.161 e. The summed E-state index contributed by atoms with van der Waals surface area (Å²) in [7, 11) is 1.53. The molecular formula is C18H19FO4. The second-order valence-electron chi connectivity index (χ2n) is 4.93. The third kappa shape index (κ3) is 4.98. The number of benzene rings is 2. The van der Waals surface area contributed by atoms with Crippen molar-refractivity contribution in [2.45, 2.75) is 13.3 Å². The van der Waals surface area contributed by atoms with Gasteiger partial charge in [0.2, 0.25) is 0 Å². The Morgan fingerprint density at radius 3 is 2.35 bits per heavy atom. The van der Waals surface area contributed by atoms with E-state index < -0.39 is 0 Å². The van der Waals surface area contributed by atoms with Crippen LogP contribution in [0.25, 0.3) is 0 Å². The zero-order chi connectivity index (χ0) is 16.7. The molecule has 0 aliphatic heterocycles. The van der Waals surface area contributed by atoms with Crippen LogP contribution in [0, 0.1) is 5.82 Å². The monoisotopic (exact) mass is 318 g/mol. The standard InChI is InChI=1S/C18H19FO4/c1-13(20)14-4-9-17(18(12-14)21-2)23-11-3-10-22-16-7-5-15(19)6-8-16/h4-9,12H,3,10-11H2,1-2H3. The maximum absolute atomic E-state index is 12.8. The first-order chi connectivity index (χ1) is 11.1. The third-order valence-electron chi connectivity index (χ3n) is 3.20. The number of hydrogen-bond acceptors (Lipinski definition) is 4. The van der Waals surface area contributed by atoms with Crippen LogP contribution in [0.15, 0.2) is 42.5 Å². The number of halogens is 1. The van der Waals surface area contributed by atoms with E-state index in [1.807, 2.05) is 0 Å². The van der Waals surface area contributed by atoms with Gasteiger partial charge in [-0.2, -0.15) is 0 Å². The molecule has 2 aromatic rings. The van der Waals surface area contributed by atoms with Crippen molar-refractivity contribution in [2.75, 3.05) is 20.3 Å². The van der Waals surface area contributed by atoms with Gasteiger partial charge in [0.25, 0.3) is 0 Å². The zero-order valence-electron chi connectivity index (χ0n) is 13.2. The van der Waals surface area contributed by atoms with E-state index in [9.17, 15) is 9.18 Å². The second kappa shape index (κ2) is 8.17. The van der Waals surface area contributed by atoms with Gasteiger partial charge in [0, 0.05) is 12.0 Å². The van der Waals surface area contributed by atoms with Crippen molar-refractivity contribution >= 4 is 5.78 Å². The first-order valence-electron chi connectivity index (χ1n) is 7.30. The molecule has 0 bridgehead atoms. The molecule has 4 nitrogen and oxygen atoms in total. The molecule has 0 amide bonds. The van der Waals surface area contributed by atoms with Crippen LogP contribution in [0.3, 0.4) is 0 Å². The Balaban J connectivity index is 1.79. The molecular weight excluding hydrogens is 299 g/mol. The van der Waals surface area contributed by atoms with E-state index in [1.165, 1.54) is 26.2 Å². The number of hydrogen-bond donors (Lipinski definition) is 0. The fourth-order valence-electron chi connectivity index (χ4n) is 1.97. The fourth-order valence-corrected chi connectivity index (χ4v) is 1.97. The van der Waals surface area contributed by atoms with E-state index in [0.29, 0.717) is 42.4 Å². The van der Waals surface area contributed by atoms with Crippen molar-refractivity contribution in [3.8, 4) is 17.2 Å². The summed E-state index contributed by atoms with van der Waals surface area (Å²) in [4.78, 5) is 11.3. The summed E-state index contributed by atoms with van der Waals surface area (Å²) in [6.07, 6.45) is 0.662. The number of carbonyl (C=O) groups is 1. The lowest BCUT2D eigenvalue weighted by Gasteiger charge is -2.12. The van der Waals surface area contributed by atoms with E-state index in [2.05, 4.69) is 0 Å². The Morgan fingerprint density at radius 2 is 1.70 bits per heavy atom. The SMILES string of the molecule is COc1cc(C(C)=O)ccc1OCCCOc1ccc(F)cc1. The van der Waals surface area contributed by atoms with Crippen LogP contribution in [-0.4, -0.2) is 26.1 Å². The van der Waals surface area contributed by atoms with Crippen molar-refractivity contribution < 1.29 is 23.4 Å². The minimum atomic E-state index is -0.290. The molecule has 0 heterocycles. The molecule has 0 atom stereocenters. The van der Waals surface area contributed by atoms with Crippen molar-refractivity contribution in [3.05, 3.63) is 53.8 Å². The van der Waals surface area contributed by atoms with Gasteiger partial charge in [-0.1, -0.05) is 0 Å². The molecule has 0 aliphatic carbocycles. The number of methoxy groups -OCH3 is 1. The molecule has 2 aromatic carbocycles. The molecule has 0 N–H and O–H groups in total. The van der Waals surface area contributed by atoms with Crippen LogP contribution in [0.1, 0.15) is 23.7 Å². The largest absolute Gasteiger partial charge is 0.493 e. The maximum Gasteiger partial charge on any atom is 0.161 e. The predicted octanol–water partition coefficient (Wildman–Crippen LogP) is 3.88. The summed E-state index contributed by atoms with van der Waals surface area (Å²) >= 11 is 0. The lowest BCUT2D eigenvalue weighted by atomic mass is 10.1. The average molecular weight is 318 g/mol. The Labute approximate surface area is 134 Å². The van der Waals surface area contributed by atoms with Crippen LogP contribution in [0.4, 0.5) is 4.39 Å². The van der Waals surface area contributed by atoms with E-state index >= 15 is 0 Å². The molecule has 5 heteroatoms. The summed E-state index contributed by atoms with van der Waals surface area (Å²) in [5.74, 6) is 1.41. The molecule has 0 radical (unpaired) electrons. The summed E-state index contributed by atoms with van der Waals surface area (Å²) in [6, 6.07) is 11.0. The van der Waals surface area contributed by atoms with Gasteiger partial charge in [-0.15, -0.1) is 0 Å². The molecule has 23 heavy (non-hydrogen) atoms. The van der Waals surface area contributed by atoms with Crippen molar-refractivity contribution in [3.63, 3.8) is 0 Å². The van der Waals surface area contributed by atoms with Crippen LogP contribution in [0.2, 0.25) is 0 Å². The Morgan fingerprint density at radius 1 is 1.00 bits per heavy atom. The number of ether oxygens (including phenoxy) is 3. The van der Waals surface area contributed by atoms with Crippen molar-refractivity contribution in [1.29, 1.82) is 0 Å². The van der Waals surface area contributed by atoms with Gasteiger partial charge < -0.3 is 14.2 Å². The van der Waals surface area contributed by atoms with Crippen molar-refractivity contribution in [2.24, 2.45) is 0 Å². The summed E-state index contributed by atoms with van der Waals surface area (Å²) < 4.78 is 29.1.